The van der Waals surface area contributed by atoms with Crippen molar-refractivity contribution in [2.75, 3.05) is 12.0 Å². The zero-order valence-corrected chi connectivity index (χ0v) is 29.2. The van der Waals surface area contributed by atoms with Crippen LogP contribution in [0, 0.1) is 9.39 Å². The van der Waals surface area contributed by atoms with Crippen LogP contribution in [0.1, 0.15) is 55.9 Å². The second kappa shape index (κ2) is 17.6. The Kier molecular flexibility index (Phi) is 14.5. The Hall–Kier alpha value is -1.90. The summed E-state index contributed by atoms with van der Waals surface area (Å²) in [7, 11) is 1.28. The van der Waals surface area contributed by atoms with Crippen molar-refractivity contribution in [3.05, 3.63) is 93.3 Å². The van der Waals surface area contributed by atoms with Crippen LogP contribution in [0.5, 0.6) is 5.75 Å². The van der Waals surface area contributed by atoms with Crippen LogP contribution in [0.25, 0.3) is 0 Å². The van der Waals surface area contributed by atoms with Gasteiger partial charge in [-0.1, -0.05) is 60.1 Å². The fraction of sp³-hybridized carbons (Fsp3) is 0.355. The normalized spacial score (nSPS) is 21.7. The number of nitrogens with zero attached hydrogens (tertiary/aromatic N) is 1. The molecule has 0 aliphatic carbocycles. The number of rotatable bonds is 7. The molecule has 2 saturated heterocycles. The summed E-state index contributed by atoms with van der Waals surface area (Å²) in [5.74, 6) is -0.131. The maximum absolute atomic E-state index is 12.4. The van der Waals surface area contributed by atoms with Crippen molar-refractivity contribution in [3.8, 4) is 5.75 Å². The van der Waals surface area contributed by atoms with Crippen LogP contribution in [-0.4, -0.2) is 47.7 Å². The molecule has 2 heterocycles. The van der Waals surface area contributed by atoms with E-state index < -0.39 is 30.6 Å². The van der Waals surface area contributed by atoms with E-state index in [-0.39, 0.29) is 30.6 Å². The van der Waals surface area contributed by atoms with E-state index in [4.69, 9.17) is 14.2 Å². The molecule has 8 nitrogen and oxygen atoms in total. The molecule has 6 atom stereocenters. The minimum Gasteiger partial charge on any atom is -0.467 e. The number of aliphatic hydroxyl groups excluding tert-OH is 2. The maximum Gasteiger partial charge on any atom is 0.335 e. The van der Waals surface area contributed by atoms with Gasteiger partial charge in [0.25, 0.3) is 0 Å². The molecular weight excluding hydrogens is 802 g/mol. The number of methoxy groups -OCH3 is 1. The number of amides is 1. The predicted molar refractivity (Wildman–Crippen MR) is 182 cm³/mol. The topological polar surface area (TPSA) is 106 Å². The first kappa shape index (κ1) is 35.6. The maximum atomic E-state index is 12.4. The number of hydrogen-bond acceptors (Lipinski definition) is 7. The third-order valence-corrected chi connectivity index (χ3v) is 7.68. The van der Waals surface area contributed by atoms with Crippen LogP contribution < -0.4 is 9.64 Å². The minimum absolute atomic E-state index is 0.0110. The molecule has 0 radical (unpaired) electrons. The predicted octanol–water partition coefficient (Wildman–Crippen LogP) is 6.67. The van der Waals surface area contributed by atoms with E-state index in [0.717, 1.165) is 20.4 Å². The van der Waals surface area contributed by atoms with Crippen molar-refractivity contribution in [3.63, 3.8) is 0 Å². The molecule has 5 rings (SSSR count). The highest BCUT2D eigenvalue weighted by molar-refractivity contribution is 14.2. The van der Waals surface area contributed by atoms with Crippen LogP contribution in [0.4, 0.5) is 10.1 Å². The molecule has 2 unspecified atom stereocenters. The second-order valence-electron chi connectivity index (χ2n) is 9.83. The van der Waals surface area contributed by atoms with Crippen molar-refractivity contribution < 1.29 is 38.4 Å². The van der Waals surface area contributed by atoms with Gasteiger partial charge in [0.15, 0.2) is 6.10 Å². The van der Waals surface area contributed by atoms with E-state index in [1.807, 2.05) is 55.5 Å². The van der Waals surface area contributed by atoms with Gasteiger partial charge in [0.2, 0.25) is 12.2 Å². The van der Waals surface area contributed by atoms with Gasteiger partial charge in [-0.2, -0.15) is 0 Å². The number of carbonyl (C=O) groups excluding carboxylic acids is 2. The Morgan fingerprint density at radius 2 is 1.70 bits per heavy atom. The molecule has 43 heavy (non-hydrogen) atoms. The van der Waals surface area contributed by atoms with E-state index in [0.29, 0.717) is 18.6 Å². The van der Waals surface area contributed by atoms with Crippen LogP contribution in [-0.2, 0) is 19.1 Å². The minimum atomic E-state index is -0.841. The zero-order chi connectivity index (χ0) is 31.5. The summed E-state index contributed by atoms with van der Waals surface area (Å²) in [6, 6.07) is 21.2. The van der Waals surface area contributed by atoms with E-state index in [1.165, 1.54) is 19.2 Å². The third-order valence-electron chi connectivity index (χ3n) is 6.96. The summed E-state index contributed by atoms with van der Waals surface area (Å²) in [5.41, 5.74) is 2.67. The molecule has 12 heteroatoms. The molecule has 2 aliphatic heterocycles. The van der Waals surface area contributed by atoms with Gasteiger partial charge < -0.3 is 29.3 Å². The lowest BCUT2D eigenvalue weighted by molar-refractivity contribution is -0.197. The molecule has 232 valence electrons. The SMILES string of the molecule is CC[C@H](O)c1ccc(F)cc1.COC(=O)[C@@H]1C[C@H](O)CC(Oc2ccc([C@@H]3CC(=O)N3c3ccc(I)cc3)cc2)O1.PI. The number of halogens is 3. The van der Waals surface area contributed by atoms with Crippen molar-refractivity contribution in [2.45, 2.75) is 63.3 Å². The van der Waals surface area contributed by atoms with Gasteiger partial charge in [-0.3, -0.25) is 4.79 Å². The fourth-order valence-electron chi connectivity index (χ4n) is 4.67. The first-order valence-corrected chi connectivity index (χ1v) is 18.8. The number of esters is 1. The Bertz CT molecular complexity index is 1320. The van der Waals surface area contributed by atoms with Gasteiger partial charge in [-0.15, -0.1) is 0 Å². The summed E-state index contributed by atoms with van der Waals surface area (Å²) in [5, 5.41) is 19.3. The van der Waals surface area contributed by atoms with Gasteiger partial charge >= 0.3 is 5.97 Å². The molecule has 2 aliphatic rings. The Morgan fingerprint density at radius 3 is 2.26 bits per heavy atom. The second-order valence-corrected chi connectivity index (χ2v) is 11.1. The highest BCUT2D eigenvalue weighted by Crippen LogP contribution is 2.39. The molecule has 1 amide bonds. The highest BCUT2D eigenvalue weighted by atomic mass is 127. The van der Waals surface area contributed by atoms with Gasteiger partial charge in [0, 0.05) is 22.1 Å². The van der Waals surface area contributed by atoms with E-state index in [2.05, 4.69) is 51.5 Å². The van der Waals surface area contributed by atoms with E-state index >= 15 is 0 Å². The first-order chi connectivity index (χ1) is 20.7. The summed E-state index contributed by atoms with van der Waals surface area (Å²) in [4.78, 5) is 25.7. The largest absolute Gasteiger partial charge is 0.467 e. The summed E-state index contributed by atoms with van der Waals surface area (Å²) < 4.78 is 29.6. The van der Waals surface area contributed by atoms with Crippen molar-refractivity contribution in [2.24, 2.45) is 0 Å². The third kappa shape index (κ3) is 10.1. The van der Waals surface area contributed by atoms with Crippen LogP contribution in [0.3, 0.4) is 0 Å². The monoisotopic (exact) mass is 837 g/mol. The summed E-state index contributed by atoms with van der Waals surface area (Å²) >= 11 is 4.30. The van der Waals surface area contributed by atoms with Crippen molar-refractivity contribution in [1.29, 1.82) is 0 Å². The number of ether oxygens (including phenoxy) is 3. The molecule has 0 bridgehead atoms. The standard InChI is InChI=1S/C22H22INO6.C9H11FO.H2IP/c1-28-22(27)19-10-16(25)11-21(30-19)29-17-8-2-13(3-9-17)18-12-20(26)24(18)15-6-4-14(23)5-7-15;1-2-9(11)7-3-5-8(10)6-4-7;1-2/h2-9,16,18-19,21,25H,10-12H2,1H3;3-6,9,11H,2H2,1H3;2H2/t16-,18-,19-,21?;9-;/m00./s1. The smallest absolute Gasteiger partial charge is 0.335 e. The highest BCUT2D eigenvalue weighted by Gasteiger charge is 2.38. The molecular formula is C31H35FI2NO7P. The first-order valence-electron chi connectivity index (χ1n) is 13.6. The van der Waals surface area contributed by atoms with Crippen molar-refractivity contribution in [1.82, 2.24) is 0 Å². The van der Waals surface area contributed by atoms with Gasteiger partial charge in [0.1, 0.15) is 11.6 Å². The molecule has 0 aromatic heterocycles. The lowest BCUT2D eigenvalue weighted by Gasteiger charge is -2.41. The van der Waals surface area contributed by atoms with E-state index in [1.54, 1.807) is 17.0 Å². The molecule has 2 fully saturated rings. The number of carbonyl (C=O) groups is 2. The molecule has 3 aromatic rings. The van der Waals surface area contributed by atoms with Gasteiger partial charge in [-0.05, 0) is 88.7 Å². The lowest BCUT2D eigenvalue weighted by Crippen LogP contribution is -2.46. The number of aliphatic hydroxyl groups is 2. The summed E-state index contributed by atoms with van der Waals surface area (Å²) in [6.45, 7) is 4.27. The Balaban J connectivity index is 0.000000327. The van der Waals surface area contributed by atoms with Crippen LogP contribution in [0.2, 0.25) is 0 Å². The average Bonchev–Trinajstić information content (AvgIpc) is 3.02. The number of anilines is 1. The summed E-state index contributed by atoms with van der Waals surface area (Å²) in [6.07, 6.45) is -1.16. The molecule has 0 spiro atoms. The lowest BCUT2D eigenvalue weighted by atomic mass is 9.93. The van der Waals surface area contributed by atoms with Crippen LogP contribution >= 0.6 is 51.5 Å². The van der Waals surface area contributed by atoms with Crippen LogP contribution in [0.15, 0.2) is 72.8 Å². The number of benzene rings is 3. The quantitative estimate of drug-likeness (QED) is 0.119. The van der Waals surface area contributed by atoms with Gasteiger partial charge in [-0.25, -0.2) is 9.18 Å². The van der Waals surface area contributed by atoms with E-state index in [9.17, 15) is 24.2 Å². The number of hydrogen-bond donors (Lipinski definition) is 2. The van der Waals surface area contributed by atoms with Gasteiger partial charge in [0.05, 0.1) is 31.8 Å². The Labute approximate surface area is 280 Å². The Morgan fingerprint density at radius 1 is 1.07 bits per heavy atom. The average molecular weight is 837 g/mol. The molecule has 2 N–H and O–H groups in total. The molecule has 3 aromatic carbocycles. The van der Waals surface area contributed by atoms with Crippen molar-refractivity contribution >= 4 is 69.1 Å². The zero-order valence-electron chi connectivity index (χ0n) is 23.7. The number of β-lactam (4-membered cyclic amide) rings is 1. The fourth-order valence-corrected chi connectivity index (χ4v) is 5.03. The molecule has 0 saturated carbocycles.